The molecule has 0 N–H and O–H groups in total. The van der Waals surface area contributed by atoms with Gasteiger partial charge in [0.25, 0.3) is 0 Å². The van der Waals surface area contributed by atoms with Crippen LogP contribution in [0.15, 0.2) is 0 Å². The summed E-state index contributed by atoms with van der Waals surface area (Å²) in [6.07, 6.45) is 9.93. The first kappa shape index (κ1) is 13.8. The fraction of sp³-hybridized carbons (Fsp3) is 1.00. The molecular weight excluding hydrogens is 299 g/mol. The van der Waals surface area contributed by atoms with Gasteiger partial charge in [-0.25, -0.2) is 0 Å². The van der Waals surface area contributed by atoms with Crippen molar-refractivity contribution in [2.24, 2.45) is 5.92 Å². The third kappa shape index (κ3) is 5.53. The Hall–Kier alpha value is 0.690. The molecule has 0 aliphatic heterocycles. The van der Waals surface area contributed by atoms with Crippen LogP contribution in [0.25, 0.3) is 0 Å². The van der Waals surface area contributed by atoms with Crippen molar-refractivity contribution in [3.63, 3.8) is 0 Å². The van der Waals surface area contributed by atoms with E-state index in [2.05, 4.69) is 36.4 Å². The second-order valence-electron chi connectivity index (χ2n) is 4.92. The normalized spacial score (nSPS) is 29.8. The summed E-state index contributed by atoms with van der Waals surface area (Å²) in [4.78, 5) is 0. The van der Waals surface area contributed by atoms with E-state index in [1.165, 1.54) is 44.9 Å². The molecule has 90 valence electrons. The lowest BCUT2D eigenvalue weighted by atomic mass is 10.1. The highest BCUT2D eigenvalue weighted by molar-refractivity contribution is 14.1. The van der Waals surface area contributed by atoms with Crippen molar-refractivity contribution >= 4 is 22.6 Å². The van der Waals surface area contributed by atoms with Gasteiger partial charge < -0.3 is 4.74 Å². The number of alkyl halides is 1. The van der Waals surface area contributed by atoms with Crippen LogP contribution in [-0.2, 0) is 4.74 Å². The maximum absolute atomic E-state index is 6.08. The third-order valence-electron chi connectivity index (χ3n) is 3.25. The van der Waals surface area contributed by atoms with Crippen LogP contribution in [0.1, 0.15) is 58.8 Å². The van der Waals surface area contributed by atoms with Crippen molar-refractivity contribution in [3.05, 3.63) is 0 Å². The minimum atomic E-state index is 0.535. The summed E-state index contributed by atoms with van der Waals surface area (Å²) in [6, 6.07) is 0. The van der Waals surface area contributed by atoms with Gasteiger partial charge in [-0.1, -0.05) is 62.1 Å². The summed E-state index contributed by atoms with van der Waals surface area (Å²) in [5.74, 6) is 0.738. The van der Waals surface area contributed by atoms with Crippen molar-refractivity contribution in [1.82, 2.24) is 0 Å². The standard InChI is InChI=1S/C13H25IO/c1-3-7-11(2)10-15-13-9-6-4-5-8-12(13)14/h11-13H,3-10H2,1-2H3. The van der Waals surface area contributed by atoms with Crippen LogP contribution in [0.3, 0.4) is 0 Å². The fourth-order valence-electron chi connectivity index (χ4n) is 2.28. The van der Waals surface area contributed by atoms with Gasteiger partial charge in [0.15, 0.2) is 0 Å². The molecule has 0 aromatic carbocycles. The molecule has 1 aliphatic rings. The van der Waals surface area contributed by atoms with Crippen LogP contribution in [0.2, 0.25) is 0 Å². The number of ether oxygens (including phenoxy) is 1. The second kappa shape index (κ2) is 7.88. The van der Waals surface area contributed by atoms with E-state index in [1.807, 2.05) is 0 Å². The summed E-state index contributed by atoms with van der Waals surface area (Å²) in [5, 5.41) is 0. The molecule has 15 heavy (non-hydrogen) atoms. The van der Waals surface area contributed by atoms with Gasteiger partial charge >= 0.3 is 0 Å². The number of halogens is 1. The first-order chi connectivity index (χ1) is 7.24. The molecule has 1 saturated carbocycles. The van der Waals surface area contributed by atoms with E-state index >= 15 is 0 Å². The van der Waals surface area contributed by atoms with Crippen LogP contribution in [-0.4, -0.2) is 16.6 Å². The van der Waals surface area contributed by atoms with Crippen LogP contribution in [0.4, 0.5) is 0 Å². The predicted octanol–water partition coefficient (Wildman–Crippen LogP) is 4.58. The molecule has 1 rings (SSSR count). The molecule has 3 atom stereocenters. The SMILES string of the molecule is CCCC(C)COC1CCCCCC1I. The summed E-state index contributed by atoms with van der Waals surface area (Å²) in [7, 11) is 0. The second-order valence-corrected chi connectivity index (χ2v) is 6.52. The molecule has 0 amide bonds. The zero-order chi connectivity index (χ0) is 11.1. The lowest BCUT2D eigenvalue weighted by molar-refractivity contribution is 0.0282. The highest BCUT2D eigenvalue weighted by Crippen LogP contribution is 2.26. The molecule has 1 nitrogen and oxygen atoms in total. The molecule has 0 bridgehead atoms. The van der Waals surface area contributed by atoms with Crippen LogP contribution >= 0.6 is 22.6 Å². The summed E-state index contributed by atoms with van der Waals surface area (Å²) in [6.45, 7) is 5.53. The Morgan fingerprint density at radius 1 is 1.27 bits per heavy atom. The highest BCUT2D eigenvalue weighted by Gasteiger charge is 2.22. The first-order valence-electron chi connectivity index (χ1n) is 6.49. The average Bonchev–Trinajstić information content (AvgIpc) is 2.41. The molecule has 0 aromatic rings. The molecule has 2 heteroatoms. The zero-order valence-corrected chi connectivity index (χ0v) is 12.3. The smallest absolute Gasteiger partial charge is 0.0692 e. The molecule has 1 fully saturated rings. The van der Waals surface area contributed by atoms with Crippen molar-refractivity contribution in [2.75, 3.05) is 6.61 Å². The topological polar surface area (TPSA) is 9.23 Å². The lowest BCUT2D eigenvalue weighted by Gasteiger charge is -2.22. The summed E-state index contributed by atoms with van der Waals surface area (Å²) in [5.41, 5.74) is 0. The Morgan fingerprint density at radius 2 is 2.00 bits per heavy atom. The molecule has 1 aliphatic carbocycles. The van der Waals surface area contributed by atoms with E-state index in [1.54, 1.807) is 0 Å². The van der Waals surface area contributed by atoms with Gasteiger partial charge in [-0.05, 0) is 25.2 Å². The predicted molar refractivity (Wildman–Crippen MR) is 74.7 cm³/mol. The Labute approximate surface area is 108 Å². The monoisotopic (exact) mass is 324 g/mol. The number of hydrogen-bond acceptors (Lipinski definition) is 1. The summed E-state index contributed by atoms with van der Waals surface area (Å²) >= 11 is 2.59. The third-order valence-corrected chi connectivity index (χ3v) is 4.67. The van der Waals surface area contributed by atoms with Crippen molar-refractivity contribution in [3.8, 4) is 0 Å². The minimum absolute atomic E-state index is 0.535. The summed E-state index contributed by atoms with van der Waals surface area (Å²) < 4.78 is 6.83. The number of hydrogen-bond donors (Lipinski definition) is 0. The molecule has 0 aromatic heterocycles. The first-order valence-corrected chi connectivity index (χ1v) is 7.74. The average molecular weight is 324 g/mol. The van der Waals surface area contributed by atoms with Crippen LogP contribution < -0.4 is 0 Å². The molecule has 0 spiro atoms. The maximum atomic E-state index is 6.08. The molecule has 0 saturated heterocycles. The Bertz CT molecular complexity index is 161. The fourth-order valence-corrected chi connectivity index (χ4v) is 3.29. The van der Waals surface area contributed by atoms with E-state index in [0.717, 1.165) is 16.4 Å². The van der Waals surface area contributed by atoms with Crippen molar-refractivity contribution in [1.29, 1.82) is 0 Å². The van der Waals surface area contributed by atoms with E-state index in [9.17, 15) is 0 Å². The quantitative estimate of drug-likeness (QED) is 0.409. The van der Waals surface area contributed by atoms with Crippen LogP contribution in [0, 0.1) is 5.92 Å². The van der Waals surface area contributed by atoms with Crippen molar-refractivity contribution < 1.29 is 4.74 Å². The molecule has 0 radical (unpaired) electrons. The van der Waals surface area contributed by atoms with Gasteiger partial charge in [0.05, 0.1) is 6.10 Å². The molecule has 3 unspecified atom stereocenters. The van der Waals surface area contributed by atoms with Gasteiger partial charge in [-0.15, -0.1) is 0 Å². The Kier molecular flexibility index (Phi) is 7.23. The van der Waals surface area contributed by atoms with E-state index < -0.39 is 0 Å². The van der Waals surface area contributed by atoms with E-state index in [4.69, 9.17) is 4.74 Å². The Morgan fingerprint density at radius 3 is 2.73 bits per heavy atom. The molecular formula is C13H25IO. The van der Waals surface area contributed by atoms with E-state index in [0.29, 0.717) is 6.10 Å². The van der Waals surface area contributed by atoms with E-state index in [-0.39, 0.29) is 0 Å². The Balaban J connectivity index is 2.22. The lowest BCUT2D eigenvalue weighted by Crippen LogP contribution is -2.25. The largest absolute Gasteiger partial charge is 0.377 e. The minimum Gasteiger partial charge on any atom is -0.377 e. The maximum Gasteiger partial charge on any atom is 0.0692 e. The molecule has 0 heterocycles. The van der Waals surface area contributed by atoms with Gasteiger partial charge in [-0.2, -0.15) is 0 Å². The highest BCUT2D eigenvalue weighted by atomic mass is 127. The van der Waals surface area contributed by atoms with Crippen molar-refractivity contribution in [2.45, 2.75) is 68.8 Å². The zero-order valence-electron chi connectivity index (χ0n) is 10.2. The van der Waals surface area contributed by atoms with Crippen LogP contribution in [0.5, 0.6) is 0 Å². The van der Waals surface area contributed by atoms with Gasteiger partial charge in [0.2, 0.25) is 0 Å². The van der Waals surface area contributed by atoms with Gasteiger partial charge in [0.1, 0.15) is 0 Å². The van der Waals surface area contributed by atoms with Gasteiger partial charge in [-0.3, -0.25) is 0 Å². The van der Waals surface area contributed by atoms with Gasteiger partial charge in [0, 0.05) is 10.5 Å². The number of rotatable bonds is 5.